The van der Waals surface area contributed by atoms with Crippen LogP contribution < -0.4 is 0 Å². The van der Waals surface area contributed by atoms with Crippen LogP contribution >= 0.6 is 0 Å². The molecule has 1 aromatic heterocycles. The predicted molar refractivity (Wildman–Crippen MR) is 77.7 cm³/mol. The molecule has 23 heavy (non-hydrogen) atoms. The van der Waals surface area contributed by atoms with E-state index in [1.807, 2.05) is 0 Å². The fourth-order valence-electron chi connectivity index (χ4n) is 2.65. The zero-order chi connectivity index (χ0) is 16.6. The van der Waals surface area contributed by atoms with Gasteiger partial charge in [-0.2, -0.15) is 0 Å². The van der Waals surface area contributed by atoms with Crippen LogP contribution in [-0.4, -0.2) is 50.0 Å². The molecular weight excluding hydrogens is 303 g/mol. The molecule has 1 aliphatic rings. The van der Waals surface area contributed by atoms with E-state index in [-0.39, 0.29) is 24.0 Å². The summed E-state index contributed by atoms with van der Waals surface area (Å²) in [4.78, 5) is 25.0. The van der Waals surface area contributed by atoms with Crippen molar-refractivity contribution in [2.75, 3.05) is 13.1 Å². The van der Waals surface area contributed by atoms with Crippen LogP contribution in [0.3, 0.4) is 0 Å². The minimum atomic E-state index is -0.896. The van der Waals surface area contributed by atoms with E-state index in [9.17, 15) is 14.0 Å². The van der Waals surface area contributed by atoms with Crippen LogP contribution in [0.15, 0.2) is 24.3 Å². The highest BCUT2D eigenvalue weighted by Crippen LogP contribution is 2.20. The van der Waals surface area contributed by atoms with Gasteiger partial charge in [0, 0.05) is 13.1 Å². The lowest BCUT2D eigenvalue weighted by Crippen LogP contribution is -2.30. The first kappa shape index (κ1) is 15.1. The third kappa shape index (κ3) is 2.79. The minimum Gasteiger partial charge on any atom is -0.481 e. The average molecular weight is 318 g/mol. The molecule has 0 spiro atoms. The number of rotatable bonds is 3. The molecule has 2 aromatic rings. The summed E-state index contributed by atoms with van der Waals surface area (Å²) in [6, 6.07) is 5.69. The van der Waals surface area contributed by atoms with Gasteiger partial charge in [-0.3, -0.25) is 9.59 Å². The average Bonchev–Trinajstić information content (AvgIpc) is 3.15. The Hall–Kier alpha value is -2.77. The number of aliphatic carboxylic acids is 1. The number of amides is 1. The second-order valence-electron chi connectivity index (χ2n) is 5.49. The summed E-state index contributed by atoms with van der Waals surface area (Å²) in [6.45, 7) is 2.26. The molecule has 3 rings (SSSR count). The van der Waals surface area contributed by atoms with Crippen molar-refractivity contribution in [1.29, 1.82) is 0 Å². The first-order valence-electron chi connectivity index (χ1n) is 7.17. The van der Waals surface area contributed by atoms with E-state index in [4.69, 9.17) is 5.11 Å². The van der Waals surface area contributed by atoms with E-state index >= 15 is 0 Å². The maximum Gasteiger partial charge on any atom is 0.308 e. The van der Waals surface area contributed by atoms with Crippen molar-refractivity contribution in [3.05, 3.63) is 41.5 Å². The molecule has 0 unspecified atom stereocenters. The quantitative estimate of drug-likeness (QED) is 0.920. The predicted octanol–water partition coefficient (Wildman–Crippen LogP) is 1.26. The maximum absolute atomic E-state index is 13.0. The highest BCUT2D eigenvalue weighted by molar-refractivity contribution is 5.94. The molecule has 1 aliphatic heterocycles. The number of carbonyl (C=O) groups is 2. The summed E-state index contributed by atoms with van der Waals surface area (Å²) < 4.78 is 14.4. The number of nitrogens with zero attached hydrogens (tertiary/aromatic N) is 4. The van der Waals surface area contributed by atoms with Gasteiger partial charge >= 0.3 is 5.97 Å². The van der Waals surface area contributed by atoms with Gasteiger partial charge in [0.1, 0.15) is 5.82 Å². The first-order valence-corrected chi connectivity index (χ1v) is 7.17. The van der Waals surface area contributed by atoms with Crippen molar-refractivity contribution >= 4 is 11.9 Å². The molecule has 7 nitrogen and oxygen atoms in total. The molecule has 1 atom stereocenters. The standard InChI is InChI=1S/C15H15FN4O3/c1-9-13(14(21)19-7-6-10(8-19)15(22)23)17-18-20(9)12-4-2-11(16)3-5-12/h2-5,10H,6-8H2,1H3,(H,22,23)/t10-/m0/s1. The second kappa shape index (κ2) is 5.79. The number of hydrogen-bond acceptors (Lipinski definition) is 4. The van der Waals surface area contributed by atoms with Crippen LogP contribution in [0.5, 0.6) is 0 Å². The van der Waals surface area contributed by atoms with Gasteiger partial charge in [-0.1, -0.05) is 5.21 Å². The Bertz CT molecular complexity index is 757. The normalized spacial score (nSPS) is 17.5. The minimum absolute atomic E-state index is 0.178. The molecule has 1 aromatic carbocycles. The molecule has 1 saturated heterocycles. The van der Waals surface area contributed by atoms with Crippen molar-refractivity contribution in [2.45, 2.75) is 13.3 Å². The van der Waals surface area contributed by atoms with Crippen LogP contribution in [-0.2, 0) is 4.79 Å². The van der Waals surface area contributed by atoms with E-state index in [0.29, 0.717) is 24.3 Å². The molecule has 1 N–H and O–H groups in total. The highest BCUT2D eigenvalue weighted by Gasteiger charge is 2.33. The Morgan fingerprint density at radius 1 is 1.30 bits per heavy atom. The Morgan fingerprint density at radius 3 is 2.61 bits per heavy atom. The molecule has 120 valence electrons. The smallest absolute Gasteiger partial charge is 0.308 e. The van der Waals surface area contributed by atoms with Crippen LogP contribution in [0, 0.1) is 18.7 Å². The van der Waals surface area contributed by atoms with Crippen molar-refractivity contribution < 1.29 is 19.1 Å². The van der Waals surface area contributed by atoms with Gasteiger partial charge in [-0.15, -0.1) is 5.10 Å². The lowest BCUT2D eigenvalue weighted by molar-refractivity contribution is -0.141. The van der Waals surface area contributed by atoms with E-state index in [1.54, 1.807) is 19.1 Å². The summed E-state index contributed by atoms with van der Waals surface area (Å²) >= 11 is 0. The maximum atomic E-state index is 13.0. The summed E-state index contributed by atoms with van der Waals surface area (Å²) in [5.74, 6) is -2.13. The molecule has 1 amide bonds. The molecule has 0 bridgehead atoms. The van der Waals surface area contributed by atoms with Crippen LogP contribution in [0.25, 0.3) is 5.69 Å². The fraction of sp³-hybridized carbons (Fsp3) is 0.333. The second-order valence-corrected chi connectivity index (χ2v) is 5.49. The zero-order valence-corrected chi connectivity index (χ0v) is 12.4. The zero-order valence-electron chi connectivity index (χ0n) is 12.4. The van der Waals surface area contributed by atoms with E-state index in [1.165, 1.54) is 21.7 Å². The lowest BCUT2D eigenvalue weighted by Gasteiger charge is -2.14. The van der Waals surface area contributed by atoms with Crippen LogP contribution in [0.4, 0.5) is 4.39 Å². The number of benzene rings is 1. The lowest BCUT2D eigenvalue weighted by atomic mass is 10.1. The Kier molecular flexibility index (Phi) is 3.81. The Morgan fingerprint density at radius 2 is 2.00 bits per heavy atom. The molecule has 2 heterocycles. The molecule has 0 saturated carbocycles. The van der Waals surface area contributed by atoms with Crippen molar-refractivity contribution in [2.24, 2.45) is 5.92 Å². The van der Waals surface area contributed by atoms with Gasteiger partial charge in [-0.25, -0.2) is 9.07 Å². The van der Waals surface area contributed by atoms with Gasteiger partial charge in [-0.05, 0) is 37.6 Å². The fourth-order valence-corrected chi connectivity index (χ4v) is 2.65. The monoisotopic (exact) mass is 318 g/mol. The number of likely N-dealkylation sites (tertiary alicyclic amines) is 1. The van der Waals surface area contributed by atoms with Crippen LogP contribution in [0.1, 0.15) is 22.6 Å². The number of carbonyl (C=O) groups excluding carboxylic acids is 1. The summed E-state index contributed by atoms with van der Waals surface area (Å²) in [7, 11) is 0. The number of halogens is 1. The van der Waals surface area contributed by atoms with E-state index < -0.39 is 11.9 Å². The van der Waals surface area contributed by atoms with Gasteiger partial charge in [0.2, 0.25) is 0 Å². The number of aromatic nitrogens is 3. The third-order valence-corrected chi connectivity index (χ3v) is 3.99. The summed E-state index contributed by atoms with van der Waals surface area (Å²) in [5, 5.41) is 16.9. The van der Waals surface area contributed by atoms with Crippen molar-refractivity contribution in [1.82, 2.24) is 19.9 Å². The Balaban J connectivity index is 1.83. The summed E-state index contributed by atoms with van der Waals surface area (Å²) in [5.41, 5.74) is 1.31. The topological polar surface area (TPSA) is 88.3 Å². The van der Waals surface area contributed by atoms with Gasteiger partial charge < -0.3 is 10.0 Å². The Labute approximate surface area is 131 Å². The number of hydrogen-bond donors (Lipinski definition) is 1. The molecule has 0 aliphatic carbocycles. The molecular formula is C15H15FN4O3. The molecule has 0 radical (unpaired) electrons. The van der Waals surface area contributed by atoms with E-state index in [0.717, 1.165) is 0 Å². The van der Waals surface area contributed by atoms with Crippen LogP contribution in [0.2, 0.25) is 0 Å². The van der Waals surface area contributed by atoms with Gasteiger partial charge in [0.15, 0.2) is 5.69 Å². The first-order chi connectivity index (χ1) is 11.0. The third-order valence-electron chi connectivity index (χ3n) is 3.99. The molecule has 1 fully saturated rings. The largest absolute Gasteiger partial charge is 0.481 e. The van der Waals surface area contributed by atoms with Crippen molar-refractivity contribution in [3.63, 3.8) is 0 Å². The SMILES string of the molecule is Cc1c(C(=O)N2CC[C@H](C(=O)O)C2)nnn1-c1ccc(F)cc1. The van der Waals surface area contributed by atoms with Gasteiger partial charge in [0.05, 0.1) is 17.3 Å². The molecule has 8 heteroatoms. The van der Waals surface area contributed by atoms with Gasteiger partial charge in [0.25, 0.3) is 5.91 Å². The van der Waals surface area contributed by atoms with E-state index in [2.05, 4.69) is 10.3 Å². The summed E-state index contributed by atoms with van der Waals surface area (Å²) in [6.07, 6.45) is 0.437. The number of carboxylic acids is 1. The van der Waals surface area contributed by atoms with Crippen molar-refractivity contribution in [3.8, 4) is 5.69 Å². The number of carboxylic acid groups (broad SMARTS) is 1. The highest BCUT2D eigenvalue weighted by atomic mass is 19.1.